The van der Waals surface area contributed by atoms with Crippen molar-refractivity contribution in [3.8, 4) is 0 Å². The van der Waals surface area contributed by atoms with Crippen molar-refractivity contribution in [1.29, 1.82) is 0 Å². The number of benzene rings is 1. The van der Waals surface area contributed by atoms with Crippen LogP contribution in [-0.2, 0) is 16.5 Å². The van der Waals surface area contributed by atoms with Crippen molar-refractivity contribution in [2.24, 2.45) is 0 Å². The summed E-state index contributed by atoms with van der Waals surface area (Å²) in [5.74, 6) is -1.25. The molecule has 1 aromatic carbocycles. The number of rotatable bonds is 1. The highest BCUT2D eigenvalue weighted by molar-refractivity contribution is 5.32. The fourth-order valence-corrected chi connectivity index (χ4v) is 1.35. The molecule has 0 amide bonds. The molecule has 82 valence electrons. The molecule has 1 atom stereocenters. The van der Waals surface area contributed by atoms with Crippen molar-refractivity contribution < 1.29 is 22.3 Å². The minimum absolute atomic E-state index is 0.414. The molecule has 1 fully saturated rings. The van der Waals surface area contributed by atoms with Crippen molar-refractivity contribution >= 4 is 0 Å². The number of hydrogen-bond acceptors (Lipinski definition) is 1. The van der Waals surface area contributed by atoms with Crippen LogP contribution in [0.2, 0.25) is 0 Å². The molecule has 15 heavy (non-hydrogen) atoms. The molecular weight excluding hydrogens is 212 g/mol. The summed E-state index contributed by atoms with van der Waals surface area (Å²) in [5.41, 5.74) is -1.41. The van der Waals surface area contributed by atoms with Crippen LogP contribution in [0.25, 0.3) is 0 Å². The van der Waals surface area contributed by atoms with E-state index in [-0.39, 0.29) is 0 Å². The van der Waals surface area contributed by atoms with Crippen molar-refractivity contribution in [2.45, 2.75) is 18.7 Å². The Hall–Kier alpha value is -1.10. The monoisotopic (exact) mass is 220 g/mol. The Balaban J connectivity index is 2.39. The van der Waals surface area contributed by atoms with E-state index in [0.717, 1.165) is 12.1 Å². The van der Waals surface area contributed by atoms with Crippen molar-refractivity contribution in [1.82, 2.24) is 0 Å². The van der Waals surface area contributed by atoms with E-state index in [1.807, 2.05) is 0 Å². The van der Waals surface area contributed by atoms with Gasteiger partial charge in [0, 0.05) is 0 Å². The molecule has 0 spiro atoms. The number of ether oxygens (including phenoxy) is 1. The summed E-state index contributed by atoms with van der Waals surface area (Å²) in [4.78, 5) is 0. The average molecular weight is 220 g/mol. The summed E-state index contributed by atoms with van der Waals surface area (Å²) in [5, 5.41) is 0. The zero-order valence-electron chi connectivity index (χ0n) is 7.86. The standard InChI is InChI=1S/C10H8F4O/c1-9(5-15-9)6-2-3-7(8(11)4-6)10(12,13)14/h2-4H,5H2,1H3. The van der Waals surface area contributed by atoms with Crippen LogP contribution in [0.3, 0.4) is 0 Å². The molecule has 1 saturated heterocycles. The molecule has 2 rings (SSSR count). The van der Waals surface area contributed by atoms with E-state index in [1.165, 1.54) is 6.07 Å². The van der Waals surface area contributed by atoms with Crippen molar-refractivity contribution in [3.05, 3.63) is 35.1 Å². The second-order valence-electron chi connectivity index (χ2n) is 3.71. The van der Waals surface area contributed by atoms with Gasteiger partial charge in [-0.15, -0.1) is 0 Å². The Bertz CT molecular complexity index is 393. The van der Waals surface area contributed by atoms with E-state index in [4.69, 9.17) is 4.74 Å². The molecule has 0 N–H and O–H groups in total. The van der Waals surface area contributed by atoms with Gasteiger partial charge in [-0.25, -0.2) is 4.39 Å². The van der Waals surface area contributed by atoms with Crippen molar-refractivity contribution in [2.75, 3.05) is 6.61 Å². The maximum absolute atomic E-state index is 13.1. The first-order valence-electron chi connectivity index (χ1n) is 4.34. The molecule has 0 bridgehead atoms. The maximum Gasteiger partial charge on any atom is 0.419 e. The van der Waals surface area contributed by atoms with Gasteiger partial charge < -0.3 is 4.74 Å². The third-order valence-corrected chi connectivity index (χ3v) is 2.46. The van der Waals surface area contributed by atoms with E-state index in [2.05, 4.69) is 0 Å². The lowest BCUT2D eigenvalue weighted by Crippen LogP contribution is -2.10. The third kappa shape index (κ3) is 1.84. The van der Waals surface area contributed by atoms with Crippen LogP contribution in [-0.4, -0.2) is 6.61 Å². The molecule has 1 aliphatic heterocycles. The van der Waals surface area contributed by atoms with Gasteiger partial charge in [0.05, 0.1) is 12.2 Å². The van der Waals surface area contributed by atoms with Crippen LogP contribution in [0, 0.1) is 5.82 Å². The molecule has 0 aliphatic carbocycles. The lowest BCUT2D eigenvalue weighted by atomic mass is 10.00. The van der Waals surface area contributed by atoms with Gasteiger partial charge in [-0.3, -0.25) is 0 Å². The molecule has 1 aromatic rings. The first-order valence-corrected chi connectivity index (χ1v) is 4.34. The van der Waals surface area contributed by atoms with Crippen LogP contribution in [0.1, 0.15) is 18.1 Å². The van der Waals surface area contributed by atoms with Gasteiger partial charge in [-0.05, 0) is 24.6 Å². The summed E-state index contributed by atoms with van der Waals surface area (Å²) >= 11 is 0. The van der Waals surface area contributed by atoms with Gasteiger partial charge in [0.2, 0.25) is 0 Å². The lowest BCUT2D eigenvalue weighted by molar-refractivity contribution is -0.140. The highest BCUT2D eigenvalue weighted by Gasteiger charge is 2.42. The van der Waals surface area contributed by atoms with Crippen LogP contribution >= 0.6 is 0 Å². The van der Waals surface area contributed by atoms with E-state index in [0.29, 0.717) is 12.2 Å². The van der Waals surface area contributed by atoms with Gasteiger partial charge in [0.25, 0.3) is 0 Å². The molecule has 1 heterocycles. The summed E-state index contributed by atoms with van der Waals surface area (Å²) in [6.07, 6.45) is -4.64. The lowest BCUT2D eigenvalue weighted by Gasteiger charge is -2.11. The molecular formula is C10H8F4O. The predicted molar refractivity (Wildman–Crippen MR) is 44.7 cm³/mol. The number of alkyl halides is 3. The largest absolute Gasteiger partial charge is 0.419 e. The van der Waals surface area contributed by atoms with E-state index < -0.39 is 23.2 Å². The minimum Gasteiger partial charge on any atom is -0.365 e. The Morgan fingerprint density at radius 1 is 1.33 bits per heavy atom. The van der Waals surface area contributed by atoms with Gasteiger partial charge in [-0.1, -0.05) is 6.07 Å². The number of hydrogen-bond donors (Lipinski definition) is 0. The average Bonchev–Trinajstić information content (AvgIpc) is 2.82. The third-order valence-electron chi connectivity index (χ3n) is 2.46. The Morgan fingerprint density at radius 3 is 2.33 bits per heavy atom. The topological polar surface area (TPSA) is 12.5 Å². The Morgan fingerprint density at radius 2 is 1.93 bits per heavy atom. The Labute approximate surface area is 83.7 Å². The first kappa shape index (κ1) is 10.4. The highest BCUT2D eigenvalue weighted by atomic mass is 19.4. The maximum atomic E-state index is 13.1. The molecule has 0 saturated carbocycles. The predicted octanol–water partition coefficient (Wildman–Crippen LogP) is 3.09. The summed E-state index contributed by atoms with van der Waals surface area (Å²) in [6.45, 7) is 2.12. The van der Waals surface area contributed by atoms with Crippen molar-refractivity contribution in [3.63, 3.8) is 0 Å². The molecule has 0 aromatic heterocycles. The summed E-state index contributed by atoms with van der Waals surface area (Å²) in [7, 11) is 0. The molecule has 5 heteroatoms. The number of epoxide rings is 1. The first-order chi connectivity index (χ1) is 6.83. The summed E-state index contributed by atoms with van der Waals surface area (Å²) in [6, 6.07) is 2.88. The van der Waals surface area contributed by atoms with Crippen LogP contribution in [0.15, 0.2) is 18.2 Å². The molecule has 0 radical (unpaired) electrons. The highest BCUT2D eigenvalue weighted by Crippen LogP contribution is 2.40. The second-order valence-corrected chi connectivity index (χ2v) is 3.71. The fourth-order valence-electron chi connectivity index (χ4n) is 1.35. The van der Waals surface area contributed by atoms with E-state index >= 15 is 0 Å². The minimum atomic E-state index is -4.64. The molecule has 1 unspecified atom stereocenters. The normalized spacial score (nSPS) is 25.4. The van der Waals surface area contributed by atoms with Gasteiger partial charge >= 0.3 is 6.18 Å². The zero-order valence-corrected chi connectivity index (χ0v) is 7.86. The zero-order chi connectivity index (χ0) is 11.3. The van der Waals surface area contributed by atoms with Crippen LogP contribution in [0.5, 0.6) is 0 Å². The molecule has 1 nitrogen and oxygen atoms in total. The van der Waals surface area contributed by atoms with E-state index in [9.17, 15) is 17.6 Å². The van der Waals surface area contributed by atoms with Crippen LogP contribution in [0.4, 0.5) is 17.6 Å². The van der Waals surface area contributed by atoms with Gasteiger partial charge in [0.15, 0.2) is 0 Å². The second kappa shape index (κ2) is 2.95. The summed E-state index contributed by atoms with van der Waals surface area (Å²) < 4.78 is 54.8. The smallest absolute Gasteiger partial charge is 0.365 e. The van der Waals surface area contributed by atoms with Crippen LogP contribution < -0.4 is 0 Å². The van der Waals surface area contributed by atoms with E-state index in [1.54, 1.807) is 6.92 Å². The van der Waals surface area contributed by atoms with Gasteiger partial charge in [-0.2, -0.15) is 13.2 Å². The molecule has 1 aliphatic rings. The number of halogens is 4. The fraction of sp³-hybridized carbons (Fsp3) is 0.400. The SMILES string of the molecule is CC1(c2ccc(C(F)(F)F)c(F)c2)CO1. The quantitative estimate of drug-likeness (QED) is 0.523. The Kier molecular flexibility index (Phi) is 2.05. The van der Waals surface area contributed by atoms with Gasteiger partial charge in [0.1, 0.15) is 11.4 Å².